The third-order valence-electron chi connectivity index (χ3n) is 2.91. The third-order valence-corrected chi connectivity index (χ3v) is 2.91. The summed E-state index contributed by atoms with van der Waals surface area (Å²) in [6.07, 6.45) is -5.00. The van der Waals surface area contributed by atoms with Gasteiger partial charge in [-0.25, -0.2) is 5.48 Å². The van der Waals surface area contributed by atoms with Gasteiger partial charge in [-0.1, -0.05) is 18.2 Å². The second-order valence-corrected chi connectivity index (χ2v) is 5.09. The number of hydrogen-bond acceptors (Lipinski definition) is 4. The summed E-state index contributed by atoms with van der Waals surface area (Å²) in [5, 5.41) is 17.4. The van der Waals surface area contributed by atoms with E-state index in [0.717, 1.165) is 4.90 Å². The topological polar surface area (TPSA) is 127 Å². The molecule has 0 heterocycles. The van der Waals surface area contributed by atoms with Crippen molar-refractivity contribution in [2.24, 2.45) is 5.73 Å². The van der Waals surface area contributed by atoms with E-state index in [1.165, 1.54) is 19.3 Å². The third kappa shape index (κ3) is 5.12. The molecular weight excluding hydrogens is 329 g/mol. The maximum Gasteiger partial charge on any atom is 0.543 e. The van der Waals surface area contributed by atoms with Crippen molar-refractivity contribution in [2.75, 3.05) is 4.90 Å². The first-order chi connectivity index (χ1) is 10.9. The van der Waals surface area contributed by atoms with Crippen LogP contribution in [-0.4, -0.2) is 29.7 Å². The second-order valence-electron chi connectivity index (χ2n) is 5.09. The van der Waals surface area contributed by atoms with Gasteiger partial charge in [-0.05, 0) is 26.0 Å². The molecule has 0 aromatic heterocycles. The Bertz CT molecular complexity index is 618. The number of hydroxylamine groups is 1. The summed E-state index contributed by atoms with van der Waals surface area (Å²) in [6, 6.07) is 8.14. The molecule has 0 aliphatic carbocycles. The van der Waals surface area contributed by atoms with Crippen LogP contribution in [0, 0.1) is 10.8 Å². The molecule has 0 unspecified atom stereocenters. The lowest BCUT2D eigenvalue weighted by atomic mass is 10.0. The largest absolute Gasteiger partial charge is 0.543 e. The van der Waals surface area contributed by atoms with Crippen molar-refractivity contribution in [1.29, 1.82) is 10.8 Å². The molecule has 0 radical (unpaired) electrons. The lowest BCUT2D eigenvalue weighted by Gasteiger charge is -2.37. The average molecular weight is 346 g/mol. The molecule has 0 aliphatic rings. The number of alkyl halides is 3. The summed E-state index contributed by atoms with van der Waals surface area (Å²) in [6.45, 7) is 2.86. The van der Waals surface area contributed by atoms with Crippen LogP contribution in [0.3, 0.4) is 0 Å². The minimum atomic E-state index is -5.00. The van der Waals surface area contributed by atoms with Crippen molar-refractivity contribution in [1.82, 2.24) is 10.8 Å². The maximum atomic E-state index is 11.9. The van der Waals surface area contributed by atoms with E-state index in [0.29, 0.717) is 5.69 Å². The van der Waals surface area contributed by atoms with Gasteiger partial charge in [0.25, 0.3) is 0 Å². The predicted molar refractivity (Wildman–Crippen MR) is 81.1 cm³/mol. The Hall–Kier alpha value is -2.82. The number of benzene rings is 1. The van der Waals surface area contributed by atoms with Crippen LogP contribution in [0.4, 0.5) is 18.9 Å². The number of nitrogens with two attached hydrogens (primary N) is 1. The molecule has 0 saturated carbocycles. The summed E-state index contributed by atoms with van der Waals surface area (Å²) >= 11 is 0. The molecule has 8 nitrogen and oxygen atoms in total. The fraction of sp³-hybridized carbons (Fsp3) is 0.308. The Labute approximate surface area is 135 Å². The molecular formula is C13H17F3N6O2. The molecule has 1 aromatic carbocycles. The quantitative estimate of drug-likeness (QED) is 0.319. The van der Waals surface area contributed by atoms with E-state index in [4.69, 9.17) is 16.6 Å². The highest BCUT2D eigenvalue weighted by Gasteiger charge is 2.36. The molecule has 132 valence electrons. The van der Waals surface area contributed by atoms with Gasteiger partial charge in [-0.15, -0.1) is 13.2 Å². The number of nitrogens with one attached hydrogen (secondary N) is 4. The highest BCUT2D eigenvalue weighted by atomic mass is 19.4. The molecule has 0 saturated heterocycles. The van der Waals surface area contributed by atoms with Crippen molar-refractivity contribution in [3.8, 4) is 0 Å². The monoisotopic (exact) mass is 346 g/mol. The molecule has 1 rings (SSSR count). The predicted octanol–water partition coefficient (Wildman–Crippen LogP) is 1.26. The van der Waals surface area contributed by atoms with Crippen molar-refractivity contribution in [3.05, 3.63) is 30.3 Å². The number of anilines is 1. The zero-order chi connectivity index (χ0) is 18.5. The number of carbonyl (C=O) groups is 1. The molecule has 11 heteroatoms. The molecule has 6 N–H and O–H groups in total. The van der Waals surface area contributed by atoms with Crippen molar-refractivity contribution in [2.45, 2.75) is 25.7 Å². The van der Waals surface area contributed by atoms with Crippen LogP contribution in [0.2, 0.25) is 0 Å². The number of guanidine groups is 2. The molecule has 1 aromatic rings. The van der Waals surface area contributed by atoms with Crippen LogP contribution < -0.4 is 21.4 Å². The fourth-order valence-electron chi connectivity index (χ4n) is 1.73. The number of rotatable bonds is 4. The van der Waals surface area contributed by atoms with Crippen LogP contribution >= 0.6 is 0 Å². The zero-order valence-corrected chi connectivity index (χ0v) is 12.9. The zero-order valence-electron chi connectivity index (χ0n) is 12.9. The summed E-state index contributed by atoms with van der Waals surface area (Å²) in [7, 11) is 0. The fourth-order valence-corrected chi connectivity index (χ4v) is 1.73. The van der Waals surface area contributed by atoms with Crippen molar-refractivity contribution in [3.63, 3.8) is 0 Å². The number of primary amides is 1. The van der Waals surface area contributed by atoms with Gasteiger partial charge >= 0.3 is 6.36 Å². The molecule has 0 fully saturated rings. The highest BCUT2D eigenvalue weighted by Crippen LogP contribution is 2.23. The van der Waals surface area contributed by atoms with Gasteiger partial charge in [0, 0.05) is 5.69 Å². The van der Waals surface area contributed by atoms with Gasteiger partial charge in [-0.3, -0.25) is 25.8 Å². The Morgan fingerprint density at radius 2 is 1.75 bits per heavy atom. The number of halogens is 3. The van der Waals surface area contributed by atoms with Crippen LogP contribution in [0.1, 0.15) is 13.8 Å². The molecule has 1 amide bonds. The average Bonchev–Trinajstić information content (AvgIpc) is 2.45. The van der Waals surface area contributed by atoms with Crippen LogP contribution in [-0.2, 0) is 9.63 Å². The van der Waals surface area contributed by atoms with Crippen LogP contribution in [0.15, 0.2) is 30.3 Å². The van der Waals surface area contributed by atoms with E-state index < -0.39 is 29.7 Å². The smallest absolute Gasteiger partial charge is 0.368 e. The highest BCUT2D eigenvalue weighted by molar-refractivity contribution is 6.08. The summed E-state index contributed by atoms with van der Waals surface area (Å²) < 4.78 is 35.8. The molecule has 0 aliphatic heterocycles. The Kier molecular flexibility index (Phi) is 5.74. The normalized spacial score (nSPS) is 11.5. The molecule has 0 atom stereocenters. The van der Waals surface area contributed by atoms with E-state index >= 15 is 0 Å². The van der Waals surface area contributed by atoms with Gasteiger partial charge < -0.3 is 5.73 Å². The Morgan fingerprint density at radius 3 is 2.21 bits per heavy atom. The minimum Gasteiger partial charge on any atom is -0.368 e. The van der Waals surface area contributed by atoms with Gasteiger partial charge in [0.15, 0.2) is 0 Å². The Balaban J connectivity index is 2.98. The first kappa shape index (κ1) is 19.2. The number of carbonyl (C=O) groups excluding carboxylic acids is 1. The minimum absolute atomic E-state index is 0.378. The van der Waals surface area contributed by atoms with Gasteiger partial charge in [0.1, 0.15) is 5.54 Å². The number of para-hydroxylation sites is 1. The van der Waals surface area contributed by atoms with Gasteiger partial charge in [0.2, 0.25) is 17.8 Å². The standard InChI is InChI=1S/C13H17F3N6O2/c1-12(2,9(17)23)22(8-6-4-3-5-7-8)11(19)20-10(18)21-24-13(14,15)16/h3-7H,1-2H3,(H2,17,23)(H4,18,19,20,21). The van der Waals surface area contributed by atoms with E-state index in [1.807, 2.05) is 0 Å². The summed E-state index contributed by atoms with van der Waals surface area (Å²) in [4.78, 5) is 16.1. The SMILES string of the molecule is CC(C)(C(N)=O)N(C(=N)NC(=N)NOC(F)(F)F)c1ccccc1. The number of amides is 1. The van der Waals surface area contributed by atoms with Crippen molar-refractivity contribution < 1.29 is 22.8 Å². The van der Waals surface area contributed by atoms with Gasteiger partial charge in [-0.2, -0.15) is 4.84 Å². The van der Waals surface area contributed by atoms with E-state index in [9.17, 15) is 18.0 Å². The number of hydrogen-bond donors (Lipinski definition) is 5. The summed E-state index contributed by atoms with van der Waals surface area (Å²) in [5.41, 5.74) is 5.63. The molecule has 0 bridgehead atoms. The number of nitrogens with zero attached hydrogens (tertiary/aromatic N) is 1. The second kappa shape index (κ2) is 7.17. The van der Waals surface area contributed by atoms with Crippen LogP contribution in [0.5, 0.6) is 0 Å². The first-order valence-electron chi connectivity index (χ1n) is 6.55. The lowest BCUT2D eigenvalue weighted by molar-refractivity contribution is -0.341. The molecule has 0 spiro atoms. The van der Waals surface area contributed by atoms with Crippen LogP contribution in [0.25, 0.3) is 0 Å². The van der Waals surface area contributed by atoms with E-state index in [2.05, 4.69) is 10.2 Å². The van der Waals surface area contributed by atoms with Crippen molar-refractivity contribution >= 4 is 23.5 Å². The summed E-state index contributed by atoms with van der Waals surface area (Å²) in [5.74, 6) is -2.27. The van der Waals surface area contributed by atoms with E-state index in [1.54, 1.807) is 30.3 Å². The van der Waals surface area contributed by atoms with E-state index in [-0.39, 0.29) is 0 Å². The first-order valence-corrected chi connectivity index (χ1v) is 6.55. The molecule has 24 heavy (non-hydrogen) atoms. The maximum absolute atomic E-state index is 11.9. The Morgan fingerprint density at radius 1 is 1.21 bits per heavy atom. The lowest BCUT2D eigenvalue weighted by Crippen LogP contribution is -2.61. The van der Waals surface area contributed by atoms with Gasteiger partial charge in [0.05, 0.1) is 0 Å².